The van der Waals surface area contributed by atoms with E-state index in [1.165, 1.54) is 70.9 Å². The molecule has 0 unspecified atom stereocenters. The standard InChI is InChI=1S/C6H12.C5H11N.2C2H6/c2*1-2-4-6-5-3-1;2*1-2/h1-6H2;6H,1-5H2;2*1-2H3. The summed E-state index contributed by atoms with van der Waals surface area (Å²) in [5, 5.41) is 3.28. The first-order valence-electron chi connectivity index (χ1n) is 7.71. The van der Waals surface area contributed by atoms with Crippen LogP contribution < -0.4 is 5.32 Å². The van der Waals surface area contributed by atoms with Gasteiger partial charge in [-0.05, 0) is 25.9 Å². The molecule has 1 N–H and O–H groups in total. The van der Waals surface area contributed by atoms with Crippen LogP contribution in [0.5, 0.6) is 0 Å². The van der Waals surface area contributed by atoms with Crippen LogP contribution in [-0.2, 0) is 0 Å². The van der Waals surface area contributed by atoms with E-state index < -0.39 is 0 Å². The van der Waals surface area contributed by atoms with E-state index in [4.69, 9.17) is 0 Å². The van der Waals surface area contributed by atoms with E-state index in [-0.39, 0.29) is 0 Å². The van der Waals surface area contributed by atoms with E-state index in [0.29, 0.717) is 0 Å². The van der Waals surface area contributed by atoms with Crippen LogP contribution in [0.25, 0.3) is 0 Å². The molecule has 100 valence electrons. The Morgan fingerprint density at radius 3 is 0.812 bits per heavy atom. The summed E-state index contributed by atoms with van der Waals surface area (Å²) in [6.07, 6.45) is 13.2. The zero-order valence-electron chi connectivity index (χ0n) is 12.3. The molecule has 0 radical (unpaired) electrons. The Balaban J connectivity index is 0. The van der Waals surface area contributed by atoms with Gasteiger partial charge in [0.15, 0.2) is 0 Å². The maximum absolute atomic E-state index is 3.28. The van der Waals surface area contributed by atoms with Crippen molar-refractivity contribution in [1.29, 1.82) is 0 Å². The lowest BCUT2D eigenvalue weighted by Crippen LogP contribution is -2.21. The van der Waals surface area contributed by atoms with Crippen LogP contribution in [-0.4, -0.2) is 13.1 Å². The van der Waals surface area contributed by atoms with E-state index in [9.17, 15) is 0 Å². The number of hydrogen-bond donors (Lipinski definition) is 1. The summed E-state index contributed by atoms with van der Waals surface area (Å²) in [4.78, 5) is 0. The molecule has 0 spiro atoms. The Labute approximate surface area is 104 Å². The van der Waals surface area contributed by atoms with Crippen molar-refractivity contribution in [2.75, 3.05) is 13.1 Å². The molecule has 1 aliphatic heterocycles. The van der Waals surface area contributed by atoms with E-state index in [1.807, 2.05) is 27.7 Å². The van der Waals surface area contributed by atoms with Crippen molar-refractivity contribution in [2.45, 2.75) is 85.5 Å². The van der Waals surface area contributed by atoms with Crippen molar-refractivity contribution in [1.82, 2.24) is 5.32 Å². The minimum atomic E-state index is 1.25. The molecular formula is C15H35N. The second kappa shape index (κ2) is 20.4. The first kappa shape index (κ1) is 18.3. The van der Waals surface area contributed by atoms with Crippen LogP contribution in [0.4, 0.5) is 0 Å². The predicted octanol–water partition coefficient (Wildman–Crippen LogP) is 5.15. The molecule has 2 rings (SSSR count). The van der Waals surface area contributed by atoms with Crippen LogP contribution in [0.15, 0.2) is 0 Å². The third-order valence-electron chi connectivity index (χ3n) is 2.71. The van der Waals surface area contributed by atoms with Gasteiger partial charge in [-0.25, -0.2) is 0 Å². The van der Waals surface area contributed by atoms with Crippen molar-refractivity contribution in [3.8, 4) is 0 Å². The molecule has 0 aromatic rings. The number of rotatable bonds is 0. The summed E-state index contributed by atoms with van der Waals surface area (Å²) in [5.41, 5.74) is 0. The second-order valence-corrected chi connectivity index (χ2v) is 3.93. The summed E-state index contributed by atoms with van der Waals surface area (Å²) < 4.78 is 0. The minimum Gasteiger partial charge on any atom is -0.317 e. The van der Waals surface area contributed by atoms with Crippen LogP contribution in [0.1, 0.15) is 85.5 Å². The van der Waals surface area contributed by atoms with E-state index in [1.54, 1.807) is 0 Å². The van der Waals surface area contributed by atoms with Crippen molar-refractivity contribution in [2.24, 2.45) is 0 Å². The highest BCUT2D eigenvalue weighted by Gasteiger charge is 1.95. The zero-order valence-corrected chi connectivity index (χ0v) is 12.3. The average molecular weight is 229 g/mol. The molecule has 1 heterocycles. The number of nitrogens with one attached hydrogen (secondary N) is 1. The highest BCUT2D eigenvalue weighted by Crippen LogP contribution is 2.15. The molecule has 1 heteroatoms. The Kier molecular flexibility index (Phi) is 23.3. The maximum atomic E-state index is 3.28. The van der Waals surface area contributed by atoms with Gasteiger partial charge in [0.25, 0.3) is 0 Å². The smallest absolute Gasteiger partial charge is 0.00489 e. The van der Waals surface area contributed by atoms with Crippen molar-refractivity contribution in [3.05, 3.63) is 0 Å². The first-order valence-corrected chi connectivity index (χ1v) is 7.71. The molecule has 16 heavy (non-hydrogen) atoms. The molecule has 0 amide bonds. The summed E-state index contributed by atoms with van der Waals surface area (Å²) in [7, 11) is 0. The van der Waals surface area contributed by atoms with Crippen LogP contribution >= 0.6 is 0 Å². The van der Waals surface area contributed by atoms with Crippen LogP contribution in [0.2, 0.25) is 0 Å². The predicted molar refractivity (Wildman–Crippen MR) is 77.1 cm³/mol. The molecule has 1 aliphatic carbocycles. The van der Waals surface area contributed by atoms with Gasteiger partial charge >= 0.3 is 0 Å². The van der Waals surface area contributed by atoms with Crippen molar-refractivity contribution >= 4 is 0 Å². The third-order valence-corrected chi connectivity index (χ3v) is 2.71. The topological polar surface area (TPSA) is 12.0 Å². The van der Waals surface area contributed by atoms with Crippen molar-refractivity contribution < 1.29 is 0 Å². The molecule has 0 bridgehead atoms. The highest BCUT2D eigenvalue weighted by molar-refractivity contribution is 4.55. The fourth-order valence-corrected chi connectivity index (χ4v) is 1.86. The number of piperidine rings is 1. The first-order chi connectivity index (χ1) is 8.00. The third kappa shape index (κ3) is 16.4. The van der Waals surface area contributed by atoms with Crippen molar-refractivity contribution in [3.63, 3.8) is 0 Å². The van der Waals surface area contributed by atoms with E-state index in [2.05, 4.69) is 5.32 Å². The molecule has 0 aromatic heterocycles. The molecule has 0 aromatic carbocycles. The summed E-state index contributed by atoms with van der Waals surface area (Å²) in [6.45, 7) is 10.5. The summed E-state index contributed by atoms with van der Waals surface area (Å²) >= 11 is 0. The van der Waals surface area contributed by atoms with E-state index >= 15 is 0 Å². The van der Waals surface area contributed by atoms with Gasteiger partial charge in [-0.15, -0.1) is 0 Å². The van der Waals surface area contributed by atoms with E-state index in [0.717, 1.165) is 0 Å². The molecule has 1 nitrogen and oxygen atoms in total. The lowest BCUT2D eigenvalue weighted by Gasteiger charge is -2.08. The molecule has 1 saturated heterocycles. The van der Waals surface area contributed by atoms with Gasteiger partial charge in [-0.1, -0.05) is 72.6 Å². The fourth-order valence-electron chi connectivity index (χ4n) is 1.86. The van der Waals surface area contributed by atoms with Crippen LogP contribution in [0.3, 0.4) is 0 Å². The van der Waals surface area contributed by atoms with Gasteiger partial charge in [0.1, 0.15) is 0 Å². The summed E-state index contributed by atoms with van der Waals surface area (Å²) in [6, 6.07) is 0. The zero-order chi connectivity index (χ0) is 12.5. The van der Waals surface area contributed by atoms with Gasteiger partial charge in [0.05, 0.1) is 0 Å². The fraction of sp³-hybridized carbons (Fsp3) is 1.00. The molecule has 2 aliphatic rings. The van der Waals surface area contributed by atoms with Gasteiger partial charge in [0, 0.05) is 0 Å². The summed E-state index contributed by atoms with van der Waals surface area (Å²) in [5.74, 6) is 0. The lowest BCUT2D eigenvalue weighted by molar-refractivity contribution is 0.504. The molecule has 0 atom stereocenters. The van der Waals surface area contributed by atoms with Gasteiger partial charge in [-0.3, -0.25) is 0 Å². The van der Waals surface area contributed by atoms with Crippen LogP contribution in [0, 0.1) is 0 Å². The van der Waals surface area contributed by atoms with Gasteiger partial charge < -0.3 is 5.32 Å². The lowest BCUT2D eigenvalue weighted by atomic mass is 10.0. The second-order valence-electron chi connectivity index (χ2n) is 3.93. The molecule has 1 saturated carbocycles. The minimum absolute atomic E-state index is 1.25. The molecule has 2 fully saturated rings. The normalized spacial score (nSPS) is 18.8. The largest absolute Gasteiger partial charge is 0.317 e. The quantitative estimate of drug-likeness (QED) is 0.605. The Hall–Kier alpha value is -0.0400. The average Bonchev–Trinajstić information content (AvgIpc) is 2.48. The number of hydrogen-bond acceptors (Lipinski definition) is 1. The van der Waals surface area contributed by atoms with Gasteiger partial charge in [0.2, 0.25) is 0 Å². The monoisotopic (exact) mass is 229 g/mol. The SMILES string of the molecule is C1CCCCC1.C1CCNCC1.CC.CC. The van der Waals surface area contributed by atoms with Gasteiger partial charge in [-0.2, -0.15) is 0 Å². The molecular weight excluding hydrogens is 194 g/mol. The Bertz CT molecular complexity index is 48.4. The Morgan fingerprint density at radius 2 is 0.688 bits per heavy atom. The Morgan fingerprint density at radius 1 is 0.438 bits per heavy atom. The maximum Gasteiger partial charge on any atom is -0.00489 e. The highest BCUT2D eigenvalue weighted by atomic mass is 14.9.